The highest BCUT2D eigenvalue weighted by molar-refractivity contribution is 6.32. The average Bonchev–Trinajstić information content (AvgIpc) is 2.41. The minimum Gasteiger partial charge on any atom is -0.496 e. The zero-order chi connectivity index (χ0) is 14.0. The van der Waals surface area contributed by atoms with Gasteiger partial charge in [0.15, 0.2) is 0 Å². The Morgan fingerprint density at radius 3 is 2.16 bits per heavy atom. The summed E-state index contributed by atoms with van der Waals surface area (Å²) < 4.78 is 10.6. The van der Waals surface area contributed by atoms with E-state index in [0.717, 1.165) is 16.7 Å². The molecule has 0 aliphatic rings. The lowest BCUT2D eigenvalue weighted by Gasteiger charge is -2.14. The van der Waals surface area contributed by atoms with Crippen molar-refractivity contribution in [3.63, 3.8) is 0 Å². The third-order valence-corrected chi connectivity index (χ3v) is 3.49. The maximum absolute atomic E-state index is 6.19. The van der Waals surface area contributed by atoms with Crippen molar-refractivity contribution in [1.29, 1.82) is 0 Å². The standard InChI is InChI=1S/C15H14Cl2O2/c1-9-4-5-10(16)6-11(9)12-7-13(17)15(19-3)8-14(12)18-2/h4-8H,1-3H3. The molecule has 2 aromatic carbocycles. The second-order valence-corrected chi connectivity index (χ2v) is 4.99. The third-order valence-electron chi connectivity index (χ3n) is 2.96. The van der Waals surface area contributed by atoms with Crippen molar-refractivity contribution in [2.75, 3.05) is 14.2 Å². The molecular formula is C15H14Cl2O2. The first kappa shape index (κ1) is 14.0. The van der Waals surface area contributed by atoms with Crippen LogP contribution in [0.25, 0.3) is 11.1 Å². The van der Waals surface area contributed by atoms with Gasteiger partial charge in [-0.25, -0.2) is 0 Å². The van der Waals surface area contributed by atoms with E-state index in [-0.39, 0.29) is 0 Å². The number of hydrogen-bond acceptors (Lipinski definition) is 2. The van der Waals surface area contributed by atoms with Gasteiger partial charge in [0.1, 0.15) is 11.5 Å². The molecule has 0 radical (unpaired) electrons. The van der Waals surface area contributed by atoms with Gasteiger partial charge in [0.2, 0.25) is 0 Å². The summed E-state index contributed by atoms with van der Waals surface area (Å²) in [6, 6.07) is 9.33. The topological polar surface area (TPSA) is 18.5 Å². The van der Waals surface area contributed by atoms with Crippen LogP contribution in [0.3, 0.4) is 0 Å². The van der Waals surface area contributed by atoms with Crippen LogP contribution in [0.2, 0.25) is 10.0 Å². The van der Waals surface area contributed by atoms with E-state index in [2.05, 4.69) is 0 Å². The first-order chi connectivity index (χ1) is 9.06. The molecule has 0 atom stereocenters. The molecule has 0 aliphatic carbocycles. The molecule has 0 saturated carbocycles. The monoisotopic (exact) mass is 296 g/mol. The Morgan fingerprint density at radius 1 is 0.842 bits per heavy atom. The summed E-state index contributed by atoms with van der Waals surface area (Å²) in [6.07, 6.45) is 0. The molecule has 0 unspecified atom stereocenters. The van der Waals surface area contributed by atoms with Crippen molar-refractivity contribution < 1.29 is 9.47 Å². The summed E-state index contributed by atoms with van der Waals surface area (Å²) in [5, 5.41) is 1.22. The molecule has 0 heterocycles. The van der Waals surface area contributed by atoms with Crippen LogP contribution in [0.5, 0.6) is 11.5 Å². The largest absolute Gasteiger partial charge is 0.496 e. The molecule has 2 nitrogen and oxygen atoms in total. The third kappa shape index (κ3) is 2.80. The summed E-state index contributed by atoms with van der Waals surface area (Å²) >= 11 is 12.2. The van der Waals surface area contributed by atoms with Crippen molar-refractivity contribution in [3.8, 4) is 22.6 Å². The molecule has 4 heteroatoms. The van der Waals surface area contributed by atoms with Crippen LogP contribution in [-0.2, 0) is 0 Å². The van der Waals surface area contributed by atoms with E-state index in [1.165, 1.54) is 0 Å². The lowest BCUT2D eigenvalue weighted by molar-refractivity contribution is 0.395. The van der Waals surface area contributed by atoms with Gasteiger partial charge < -0.3 is 9.47 Å². The fourth-order valence-electron chi connectivity index (χ4n) is 1.95. The van der Waals surface area contributed by atoms with Crippen LogP contribution in [-0.4, -0.2) is 14.2 Å². The molecule has 2 rings (SSSR count). The quantitative estimate of drug-likeness (QED) is 0.795. The zero-order valence-electron chi connectivity index (χ0n) is 11.0. The molecule has 0 amide bonds. The van der Waals surface area contributed by atoms with Gasteiger partial charge in [-0.05, 0) is 36.2 Å². The minimum atomic E-state index is 0.540. The Balaban J connectivity index is 2.67. The molecule has 0 saturated heterocycles. The summed E-state index contributed by atoms with van der Waals surface area (Å²) in [5.74, 6) is 1.29. The van der Waals surface area contributed by atoms with E-state index >= 15 is 0 Å². The van der Waals surface area contributed by atoms with E-state index in [1.807, 2.05) is 31.2 Å². The highest BCUT2D eigenvalue weighted by atomic mass is 35.5. The van der Waals surface area contributed by atoms with Crippen molar-refractivity contribution in [2.24, 2.45) is 0 Å². The van der Waals surface area contributed by atoms with E-state index in [1.54, 1.807) is 20.3 Å². The van der Waals surface area contributed by atoms with Gasteiger partial charge in [-0.15, -0.1) is 0 Å². The highest BCUT2D eigenvalue weighted by Crippen LogP contribution is 2.40. The molecule has 0 aromatic heterocycles. The number of rotatable bonds is 3. The van der Waals surface area contributed by atoms with Crippen LogP contribution in [0.4, 0.5) is 0 Å². The van der Waals surface area contributed by atoms with Crippen LogP contribution >= 0.6 is 23.2 Å². The van der Waals surface area contributed by atoms with Gasteiger partial charge in [0, 0.05) is 16.7 Å². The van der Waals surface area contributed by atoms with Crippen molar-refractivity contribution in [2.45, 2.75) is 6.92 Å². The lowest BCUT2D eigenvalue weighted by Crippen LogP contribution is -1.93. The molecule has 0 aliphatic heterocycles. The molecule has 0 spiro atoms. The number of hydrogen-bond donors (Lipinski definition) is 0. The number of benzene rings is 2. The molecule has 100 valence electrons. The van der Waals surface area contributed by atoms with Gasteiger partial charge in [-0.3, -0.25) is 0 Å². The van der Waals surface area contributed by atoms with Crippen LogP contribution in [0, 0.1) is 6.92 Å². The first-order valence-electron chi connectivity index (χ1n) is 5.75. The fourth-order valence-corrected chi connectivity index (χ4v) is 2.37. The van der Waals surface area contributed by atoms with Gasteiger partial charge in [0.25, 0.3) is 0 Å². The predicted octanol–water partition coefficient (Wildman–Crippen LogP) is 4.99. The van der Waals surface area contributed by atoms with Crippen LogP contribution in [0.15, 0.2) is 30.3 Å². The van der Waals surface area contributed by atoms with E-state index in [4.69, 9.17) is 32.7 Å². The smallest absolute Gasteiger partial charge is 0.141 e. The second-order valence-electron chi connectivity index (χ2n) is 4.15. The maximum atomic E-state index is 6.19. The molecule has 2 aromatic rings. The predicted molar refractivity (Wildman–Crippen MR) is 79.7 cm³/mol. The fraction of sp³-hybridized carbons (Fsp3) is 0.200. The number of aryl methyl sites for hydroxylation is 1. The van der Waals surface area contributed by atoms with Crippen LogP contribution in [0.1, 0.15) is 5.56 Å². The van der Waals surface area contributed by atoms with Gasteiger partial charge in [0.05, 0.1) is 19.2 Å². The maximum Gasteiger partial charge on any atom is 0.141 e. The van der Waals surface area contributed by atoms with Crippen molar-refractivity contribution in [1.82, 2.24) is 0 Å². The van der Waals surface area contributed by atoms with Crippen molar-refractivity contribution >= 4 is 23.2 Å². The molecule has 0 N–H and O–H groups in total. The Kier molecular flexibility index (Phi) is 4.23. The van der Waals surface area contributed by atoms with Gasteiger partial charge in [-0.2, -0.15) is 0 Å². The minimum absolute atomic E-state index is 0.540. The number of methoxy groups -OCH3 is 2. The van der Waals surface area contributed by atoms with E-state index in [0.29, 0.717) is 21.5 Å². The second kappa shape index (κ2) is 5.72. The van der Waals surface area contributed by atoms with E-state index < -0.39 is 0 Å². The van der Waals surface area contributed by atoms with Gasteiger partial charge in [-0.1, -0.05) is 29.3 Å². The molecular weight excluding hydrogens is 283 g/mol. The van der Waals surface area contributed by atoms with Crippen LogP contribution < -0.4 is 9.47 Å². The Morgan fingerprint density at radius 2 is 1.53 bits per heavy atom. The summed E-state index contributed by atoms with van der Waals surface area (Å²) in [4.78, 5) is 0. The molecule has 0 fully saturated rings. The lowest BCUT2D eigenvalue weighted by atomic mass is 9.99. The Bertz CT molecular complexity index is 609. The van der Waals surface area contributed by atoms with Crippen molar-refractivity contribution in [3.05, 3.63) is 45.9 Å². The number of ether oxygens (including phenoxy) is 2. The van der Waals surface area contributed by atoms with Gasteiger partial charge >= 0.3 is 0 Å². The molecule has 0 bridgehead atoms. The Labute approximate surface area is 122 Å². The summed E-state index contributed by atoms with van der Waals surface area (Å²) in [5.41, 5.74) is 2.99. The Hall–Kier alpha value is -1.38. The molecule has 19 heavy (non-hydrogen) atoms. The highest BCUT2D eigenvalue weighted by Gasteiger charge is 2.13. The zero-order valence-corrected chi connectivity index (χ0v) is 12.5. The normalized spacial score (nSPS) is 10.4. The summed E-state index contributed by atoms with van der Waals surface area (Å²) in [7, 11) is 3.19. The van der Waals surface area contributed by atoms with E-state index in [9.17, 15) is 0 Å². The summed E-state index contributed by atoms with van der Waals surface area (Å²) in [6.45, 7) is 2.02. The average molecular weight is 297 g/mol. The first-order valence-corrected chi connectivity index (χ1v) is 6.50. The number of halogens is 2. The SMILES string of the molecule is COc1cc(OC)c(-c2cc(Cl)ccc2C)cc1Cl.